The molecule has 0 aliphatic carbocycles. The summed E-state index contributed by atoms with van der Waals surface area (Å²) in [6.45, 7) is 31.4. The summed E-state index contributed by atoms with van der Waals surface area (Å²) in [6, 6.07) is -12.1. The molecule has 0 radical (unpaired) electrons. The van der Waals surface area contributed by atoms with E-state index in [-0.39, 0.29) is 49.4 Å². The van der Waals surface area contributed by atoms with Crippen LogP contribution in [0.15, 0.2) is 12.2 Å². The Kier molecular flexibility index (Phi) is 31.7. The Balaban J connectivity index is 4.37. The number of carbonyl (C=O) groups excluding carboxylic acids is 10. The van der Waals surface area contributed by atoms with Gasteiger partial charge in [-0.3, -0.25) is 53.3 Å². The highest BCUT2D eigenvalue weighted by Crippen LogP contribution is 2.27. The van der Waals surface area contributed by atoms with Gasteiger partial charge in [0.1, 0.15) is 54.6 Å². The number of carbonyl (C=O) groups is 10. The minimum atomic E-state index is -1.60. The minimum absolute atomic E-state index is 0.0342. The standard InChI is InChI=1S/C63H115N11O12/c1-26-29-30-40(13)51(76)50-56(80)65-43(28-3)58(82)68(19)34-47(75)72(23)49(39(12)27-2)55(79)67-52(63(16,17)18)62(86)69(20)42(15)53(77)66-44(31-35(4)5)54(78)64-41(14)57(81)70(21)45(32-36(6)7)59(83)71(22)46(33-37(8)9)60(84)73(24)48(38(10)11)61(85)74(50)25/h26,29,35-46,48-52,55,67,76,79H,27-28,30-34H2,1-25H3,(H,64,78)(H,65,80)(H,66,77)/b29-26+/t39?,40-,41-,42+,43+,44+,45+,46-,48+,49+,50+,51-,52-,55?/m1/s1. The van der Waals surface area contributed by atoms with Crippen LogP contribution in [0.2, 0.25) is 0 Å². The Morgan fingerprint density at radius 2 is 1.05 bits per heavy atom. The number of hydrogen-bond acceptors (Lipinski definition) is 13. The fourth-order valence-electron chi connectivity index (χ4n) is 11.0. The molecule has 1 rings (SSSR count). The topological polar surface area (TPSA) is 282 Å². The highest BCUT2D eigenvalue weighted by Gasteiger charge is 2.46. The van der Waals surface area contributed by atoms with Gasteiger partial charge < -0.3 is 60.5 Å². The molecule has 1 saturated heterocycles. The molecule has 10 amide bonds. The molecule has 23 heteroatoms. The lowest BCUT2D eigenvalue weighted by molar-refractivity contribution is -0.157. The Hall–Kier alpha value is -5.68. The van der Waals surface area contributed by atoms with E-state index in [1.807, 2.05) is 61.5 Å². The molecule has 86 heavy (non-hydrogen) atoms. The summed E-state index contributed by atoms with van der Waals surface area (Å²) in [5.41, 5.74) is -0.890. The van der Waals surface area contributed by atoms with Crippen molar-refractivity contribution in [3.8, 4) is 0 Å². The molecule has 0 bridgehead atoms. The largest absolute Gasteiger partial charge is 0.390 e. The minimum Gasteiger partial charge on any atom is -0.390 e. The number of rotatable bonds is 14. The number of allylic oxidation sites excluding steroid dienone is 2. The normalized spacial score (nSPS) is 28.1. The van der Waals surface area contributed by atoms with Gasteiger partial charge in [-0.1, -0.05) is 122 Å². The fraction of sp³-hybridized carbons (Fsp3) is 0.810. The third-order valence-electron chi connectivity index (χ3n) is 16.9. The van der Waals surface area contributed by atoms with Crippen molar-refractivity contribution in [2.45, 2.75) is 236 Å². The van der Waals surface area contributed by atoms with Crippen molar-refractivity contribution < 1.29 is 58.2 Å². The van der Waals surface area contributed by atoms with Crippen LogP contribution in [0.4, 0.5) is 0 Å². The van der Waals surface area contributed by atoms with Gasteiger partial charge in [-0.25, -0.2) is 0 Å². The number of likely N-dealkylation sites (N-methyl/N-ethyl adjacent to an activating group) is 7. The number of nitrogens with zero attached hydrogens (tertiary/aromatic N) is 7. The Labute approximate surface area is 515 Å². The summed E-state index contributed by atoms with van der Waals surface area (Å²) in [6.07, 6.45) is 1.87. The maximum Gasteiger partial charge on any atom is 0.246 e. The van der Waals surface area contributed by atoms with Crippen LogP contribution in [0.3, 0.4) is 0 Å². The van der Waals surface area contributed by atoms with Crippen LogP contribution >= 0.6 is 0 Å². The van der Waals surface area contributed by atoms with Crippen molar-refractivity contribution in [2.75, 3.05) is 55.9 Å². The van der Waals surface area contributed by atoms with Gasteiger partial charge in [0, 0.05) is 49.3 Å². The maximum absolute atomic E-state index is 15.2. The molecule has 0 saturated carbocycles. The van der Waals surface area contributed by atoms with E-state index in [1.165, 1.54) is 87.7 Å². The zero-order valence-electron chi connectivity index (χ0n) is 57.1. The zero-order valence-corrected chi connectivity index (χ0v) is 57.1. The smallest absolute Gasteiger partial charge is 0.246 e. The molecule has 0 aromatic rings. The van der Waals surface area contributed by atoms with Gasteiger partial charge in [-0.15, -0.1) is 0 Å². The number of hydrogen-bond donors (Lipinski definition) is 6. The number of nitrogens with one attached hydrogen (secondary N) is 4. The van der Waals surface area contributed by atoms with Crippen molar-refractivity contribution in [2.24, 2.45) is 40.9 Å². The van der Waals surface area contributed by atoms with E-state index < -0.39 is 156 Å². The number of amides is 10. The summed E-state index contributed by atoms with van der Waals surface area (Å²) in [5, 5.41) is 35.6. The summed E-state index contributed by atoms with van der Waals surface area (Å²) in [5.74, 6) is -8.57. The highest BCUT2D eigenvalue weighted by molar-refractivity contribution is 5.98. The average Bonchev–Trinajstić information content (AvgIpc) is 1.72. The first-order valence-electron chi connectivity index (χ1n) is 31.1. The zero-order chi connectivity index (χ0) is 66.9. The van der Waals surface area contributed by atoms with Gasteiger partial charge in [0.15, 0.2) is 0 Å². The molecular formula is C63H115N11O12. The van der Waals surface area contributed by atoms with Crippen molar-refractivity contribution in [3.63, 3.8) is 0 Å². The molecule has 0 aromatic heterocycles. The van der Waals surface area contributed by atoms with Crippen molar-refractivity contribution in [1.82, 2.24) is 55.6 Å². The van der Waals surface area contributed by atoms with Crippen LogP contribution in [0, 0.1) is 40.9 Å². The van der Waals surface area contributed by atoms with Crippen LogP contribution < -0.4 is 21.3 Å². The Bertz CT molecular complexity index is 2320. The first-order chi connectivity index (χ1) is 39.6. The molecule has 1 aliphatic rings. The lowest BCUT2D eigenvalue weighted by atomic mass is 9.84. The van der Waals surface area contributed by atoms with Crippen LogP contribution in [-0.2, 0) is 47.9 Å². The highest BCUT2D eigenvalue weighted by atomic mass is 16.3. The van der Waals surface area contributed by atoms with Gasteiger partial charge in [-0.2, -0.15) is 0 Å². The third kappa shape index (κ3) is 21.3. The van der Waals surface area contributed by atoms with Gasteiger partial charge in [0.2, 0.25) is 59.1 Å². The van der Waals surface area contributed by atoms with E-state index in [2.05, 4.69) is 21.3 Å². The monoisotopic (exact) mass is 1220 g/mol. The van der Waals surface area contributed by atoms with Gasteiger partial charge in [0.05, 0.1) is 24.7 Å². The Morgan fingerprint density at radius 3 is 1.50 bits per heavy atom. The molecule has 0 aromatic carbocycles. The quantitative estimate of drug-likeness (QED) is 0.136. The molecule has 494 valence electrons. The van der Waals surface area contributed by atoms with Gasteiger partial charge >= 0.3 is 0 Å². The van der Waals surface area contributed by atoms with Crippen LogP contribution in [0.25, 0.3) is 0 Å². The molecule has 1 aliphatic heterocycles. The first kappa shape index (κ1) is 78.3. The number of aliphatic hydroxyl groups is 2. The van der Waals surface area contributed by atoms with E-state index in [9.17, 15) is 43.8 Å². The second-order valence-electron chi connectivity index (χ2n) is 27.0. The van der Waals surface area contributed by atoms with Crippen LogP contribution in [-0.4, -0.2) is 232 Å². The molecule has 1 fully saturated rings. The average molecular weight is 1220 g/mol. The first-order valence-corrected chi connectivity index (χ1v) is 31.1. The molecule has 2 unspecified atom stereocenters. The molecular weight excluding hydrogens is 1100 g/mol. The van der Waals surface area contributed by atoms with Crippen molar-refractivity contribution in [1.29, 1.82) is 0 Å². The Morgan fingerprint density at radius 1 is 0.570 bits per heavy atom. The van der Waals surface area contributed by atoms with Gasteiger partial charge in [0.25, 0.3) is 0 Å². The molecule has 0 spiro atoms. The lowest BCUT2D eigenvalue weighted by Crippen LogP contribution is -2.64. The third-order valence-corrected chi connectivity index (χ3v) is 16.9. The van der Waals surface area contributed by atoms with E-state index in [1.54, 1.807) is 61.5 Å². The summed E-state index contributed by atoms with van der Waals surface area (Å²) in [4.78, 5) is 155. The van der Waals surface area contributed by atoms with E-state index in [4.69, 9.17) is 0 Å². The fourth-order valence-corrected chi connectivity index (χ4v) is 11.0. The van der Waals surface area contributed by atoms with E-state index in [0.29, 0.717) is 12.8 Å². The lowest BCUT2D eigenvalue weighted by Gasteiger charge is -2.42. The summed E-state index contributed by atoms with van der Waals surface area (Å²) < 4.78 is 0. The summed E-state index contributed by atoms with van der Waals surface area (Å²) in [7, 11) is 10.0. The maximum atomic E-state index is 15.2. The van der Waals surface area contributed by atoms with Crippen LogP contribution in [0.5, 0.6) is 0 Å². The molecule has 14 atom stereocenters. The predicted octanol–water partition coefficient (Wildman–Crippen LogP) is 3.45. The van der Waals surface area contributed by atoms with Crippen molar-refractivity contribution >= 4 is 59.1 Å². The molecule has 6 N–H and O–H groups in total. The summed E-state index contributed by atoms with van der Waals surface area (Å²) >= 11 is 0. The second-order valence-corrected chi connectivity index (χ2v) is 27.0. The SMILES string of the molecule is C/C=C/C[C@@H](C)[C@@H](O)[C@H]1C(=O)N[C@@H](CC)C(=O)N(C)CC(=O)N(C)[C@@H](C(C)CC)C(O)N[C@@H](C(C)(C)C)C(=O)N(C)[C@@H](C)C(=O)N[C@@H](CC(C)C)C(=O)N[C@H](C)C(=O)N(C)[C@@H](CC(C)C)C(=O)N(C)[C@H](CC(C)C)C(=O)N(C)[C@@H](C(C)C)C(=O)N1C. The van der Waals surface area contributed by atoms with E-state index >= 15 is 14.4 Å². The van der Waals surface area contributed by atoms with E-state index in [0.717, 1.165) is 9.80 Å². The van der Waals surface area contributed by atoms with Gasteiger partial charge in [-0.05, 0) is 93.8 Å². The number of aliphatic hydroxyl groups excluding tert-OH is 2. The predicted molar refractivity (Wildman–Crippen MR) is 334 cm³/mol. The second kappa shape index (κ2) is 34.8. The molecule has 1 heterocycles. The van der Waals surface area contributed by atoms with Crippen molar-refractivity contribution in [3.05, 3.63) is 12.2 Å². The van der Waals surface area contributed by atoms with Crippen LogP contribution in [0.1, 0.15) is 163 Å². The molecule has 23 nitrogen and oxygen atoms in total.